The summed E-state index contributed by atoms with van der Waals surface area (Å²) in [5, 5.41) is 2.76. The van der Waals surface area contributed by atoms with E-state index in [9.17, 15) is 9.59 Å². The number of carbonyl (C=O) groups is 2. The molecule has 6 nitrogen and oxygen atoms in total. The standard InChI is InChI=1S/C14H25NO2.C9H9NO2/c1-2-17-13(14(15)16)11-5-3-4-8-12-9-6-7-10-12;11-9-5-6-12-8-4-2-1-3-7(8)10-9/h4,8,12-13H,2-3,5-7,9-11H2,1H3,(H2,15,16);1-4H,5-6H2,(H,10,11)/b8-4+;. The number of primary amides is 1. The SMILES string of the molecule is CCOC(CCC/C=C/C1CCCC1)C(N)=O.O=C1CCOc2ccccc2N1. The zero-order valence-corrected chi connectivity index (χ0v) is 17.4. The Hall–Kier alpha value is -2.34. The fourth-order valence-electron chi connectivity index (χ4n) is 3.53. The van der Waals surface area contributed by atoms with Crippen molar-refractivity contribution in [3.05, 3.63) is 36.4 Å². The number of unbranched alkanes of at least 4 members (excludes halogenated alkanes) is 1. The molecule has 3 N–H and O–H groups in total. The van der Waals surface area contributed by atoms with E-state index in [0.717, 1.165) is 36.6 Å². The van der Waals surface area contributed by atoms with Gasteiger partial charge in [0.05, 0.1) is 18.7 Å². The molecule has 1 fully saturated rings. The van der Waals surface area contributed by atoms with Gasteiger partial charge in [0, 0.05) is 6.61 Å². The van der Waals surface area contributed by atoms with Gasteiger partial charge < -0.3 is 20.5 Å². The molecule has 2 amide bonds. The van der Waals surface area contributed by atoms with Crippen molar-refractivity contribution < 1.29 is 19.1 Å². The second-order valence-electron chi connectivity index (χ2n) is 7.39. The number of amides is 2. The number of ether oxygens (including phenoxy) is 2. The predicted octanol–water partition coefficient (Wildman–Crippen LogP) is 4.20. The minimum absolute atomic E-state index is 0.0138. The lowest BCUT2D eigenvalue weighted by Crippen LogP contribution is -2.31. The molecule has 0 radical (unpaired) electrons. The highest BCUT2D eigenvalue weighted by atomic mass is 16.5. The Balaban J connectivity index is 0.000000218. The lowest BCUT2D eigenvalue weighted by molar-refractivity contribution is -0.129. The average molecular weight is 403 g/mol. The van der Waals surface area contributed by atoms with Gasteiger partial charge in [-0.1, -0.05) is 37.1 Å². The summed E-state index contributed by atoms with van der Waals surface area (Å²) in [5.41, 5.74) is 6.02. The van der Waals surface area contributed by atoms with Crippen LogP contribution in [-0.4, -0.2) is 31.1 Å². The summed E-state index contributed by atoms with van der Waals surface area (Å²) in [6.07, 6.45) is 12.8. The number of allylic oxidation sites excluding steroid dienone is 2. The van der Waals surface area contributed by atoms with Crippen molar-refractivity contribution >= 4 is 17.5 Å². The van der Waals surface area contributed by atoms with E-state index in [1.165, 1.54) is 25.7 Å². The third-order valence-electron chi connectivity index (χ3n) is 5.08. The lowest BCUT2D eigenvalue weighted by atomic mass is 10.1. The van der Waals surface area contributed by atoms with Crippen LogP contribution in [-0.2, 0) is 14.3 Å². The van der Waals surface area contributed by atoms with Gasteiger partial charge in [0.2, 0.25) is 11.8 Å². The first-order chi connectivity index (χ1) is 14.1. The largest absolute Gasteiger partial charge is 0.491 e. The average Bonchev–Trinajstić information content (AvgIpc) is 3.14. The topological polar surface area (TPSA) is 90.7 Å². The maximum absolute atomic E-state index is 11.1. The summed E-state index contributed by atoms with van der Waals surface area (Å²) in [4.78, 5) is 22.1. The Morgan fingerprint density at radius 1 is 1.34 bits per heavy atom. The smallest absolute Gasteiger partial charge is 0.246 e. The van der Waals surface area contributed by atoms with Gasteiger partial charge >= 0.3 is 0 Å². The minimum atomic E-state index is -0.403. The Bertz CT molecular complexity index is 669. The van der Waals surface area contributed by atoms with Crippen LogP contribution < -0.4 is 15.8 Å². The summed E-state index contributed by atoms with van der Waals surface area (Å²) < 4.78 is 10.6. The molecule has 0 bridgehead atoms. The van der Waals surface area contributed by atoms with Crippen molar-refractivity contribution in [1.82, 2.24) is 0 Å². The molecule has 3 rings (SSSR count). The Labute approximate surface area is 173 Å². The molecular weight excluding hydrogens is 368 g/mol. The quantitative estimate of drug-likeness (QED) is 0.504. The molecule has 1 unspecified atom stereocenters. The fraction of sp³-hybridized carbons (Fsp3) is 0.565. The number of hydrogen-bond acceptors (Lipinski definition) is 4. The molecule has 1 heterocycles. The van der Waals surface area contributed by atoms with E-state index < -0.39 is 6.10 Å². The van der Waals surface area contributed by atoms with Crippen LogP contribution >= 0.6 is 0 Å². The summed E-state index contributed by atoms with van der Waals surface area (Å²) >= 11 is 0. The predicted molar refractivity (Wildman–Crippen MR) is 115 cm³/mol. The van der Waals surface area contributed by atoms with Gasteiger partial charge in [-0.25, -0.2) is 0 Å². The van der Waals surface area contributed by atoms with Crippen molar-refractivity contribution in [2.24, 2.45) is 11.7 Å². The van der Waals surface area contributed by atoms with Gasteiger partial charge in [-0.05, 0) is 57.1 Å². The number of anilines is 1. The molecule has 1 aliphatic carbocycles. The van der Waals surface area contributed by atoms with E-state index in [4.69, 9.17) is 15.2 Å². The highest BCUT2D eigenvalue weighted by Crippen LogP contribution is 2.26. The van der Waals surface area contributed by atoms with E-state index in [2.05, 4.69) is 17.5 Å². The summed E-state index contributed by atoms with van der Waals surface area (Å²) in [7, 11) is 0. The first kappa shape index (κ1) is 22.9. The Morgan fingerprint density at radius 3 is 2.83 bits per heavy atom. The van der Waals surface area contributed by atoms with Crippen molar-refractivity contribution in [2.45, 2.75) is 64.4 Å². The van der Waals surface area contributed by atoms with Gasteiger partial charge in [0.1, 0.15) is 11.9 Å². The minimum Gasteiger partial charge on any atom is -0.491 e. The van der Waals surface area contributed by atoms with E-state index >= 15 is 0 Å². The second-order valence-corrected chi connectivity index (χ2v) is 7.39. The van der Waals surface area contributed by atoms with Crippen LogP contribution in [0.4, 0.5) is 5.69 Å². The molecule has 6 heteroatoms. The van der Waals surface area contributed by atoms with Crippen LogP contribution in [0.15, 0.2) is 36.4 Å². The lowest BCUT2D eigenvalue weighted by Gasteiger charge is -2.12. The molecular formula is C23H34N2O4. The van der Waals surface area contributed by atoms with Gasteiger partial charge in [0.25, 0.3) is 0 Å². The van der Waals surface area contributed by atoms with E-state index in [-0.39, 0.29) is 11.8 Å². The van der Waals surface area contributed by atoms with Crippen LogP contribution in [0.25, 0.3) is 0 Å². The van der Waals surface area contributed by atoms with Crippen molar-refractivity contribution in [3.63, 3.8) is 0 Å². The summed E-state index contributed by atoms with van der Waals surface area (Å²) in [5.74, 6) is 1.23. The third kappa shape index (κ3) is 8.69. The number of fused-ring (bicyclic) bond motifs is 1. The molecule has 1 aromatic rings. The molecule has 29 heavy (non-hydrogen) atoms. The van der Waals surface area contributed by atoms with E-state index in [1.807, 2.05) is 31.2 Å². The zero-order valence-electron chi connectivity index (χ0n) is 17.4. The van der Waals surface area contributed by atoms with Gasteiger partial charge in [-0.2, -0.15) is 0 Å². The zero-order chi connectivity index (χ0) is 20.9. The van der Waals surface area contributed by atoms with Crippen LogP contribution in [0.1, 0.15) is 58.3 Å². The monoisotopic (exact) mass is 402 g/mol. The summed E-state index contributed by atoms with van der Waals surface area (Å²) in [6.45, 7) is 2.89. The highest BCUT2D eigenvalue weighted by Gasteiger charge is 2.14. The Morgan fingerprint density at radius 2 is 2.10 bits per heavy atom. The number of para-hydroxylation sites is 2. The van der Waals surface area contributed by atoms with Crippen LogP contribution in [0, 0.1) is 5.92 Å². The van der Waals surface area contributed by atoms with E-state index in [1.54, 1.807) is 0 Å². The third-order valence-corrected chi connectivity index (χ3v) is 5.08. The molecule has 0 aromatic heterocycles. The molecule has 1 saturated carbocycles. The number of rotatable bonds is 8. The van der Waals surface area contributed by atoms with Crippen molar-refractivity contribution in [1.29, 1.82) is 0 Å². The molecule has 2 aliphatic rings. The van der Waals surface area contributed by atoms with Crippen LogP contribution in [0.3, 0.4) is 0 Å². The molecule has 0 saturated heterocycles. The van der Waals surface area contributed by atoms with Crippen LogP contribution in [0.2, 0.25) is 0 Å². The fourth-order valence-corrected chi connectivity index (χ4v) is 3.53. The Kier molecular flexibility index (Phi) is 10.3. The highest BCUT2D eigenvalue weighted by molar-refractivity contribution is 5.92. The molecule has 1 atom stereocenters. The first-order valence-corrected chi connectivity index (χ1v) is 10.7. The van der Waals surface area contributed by atoms with Crippen LogP contribution in [0.5, 0.6) is 5.75 Å². The maximum atomic E-state index is 11.1. The molecule has 1 aromatic carbocycles. The number of hydrogen-bond donors (Lipinski definition) is 2. The molecule has 160 valence electrons. The van der Waals surface area contributed by atoms with Gasteiger partial charge in [-0.15, -0.1) is 0 Å². The number of benzene rings is 1. The second kappa shape index (κ2) is 13.0. The summed E-state index contributed by atoms with van der Waals surface area (Å²) in [6, 6.07) is 7.43. The van der Waals surface area contributed by atoms with Gasteiger partial charge in [0.15, 0.2) is 0 Å². The first-order valence-electron chi connectivity index (χ1n) is 10.7. The normalized spacial score (nSPS) is 17.5. The number of nitrogens with one attached hydrogen (secondary N) is 1. The molecule has 1 aliphatic heterocycles. The maximum Gasteiger partial charge on any atom is 0.246 e. The van der Waals surface area contributed by atoms with E-state index in [0.29, 0.717) is 19.6 Å². The van der Waals surface area contributed by atoms with Gasteiger partial charge in [-0.3, -0.25) is 9.59 Å². The number of carbonyl (C=O) groups excluding carboxylic acids is 2. The van der Waals surface area contributed by atoms with Crippen molar-refractivity contribution in [2.75, 3.05) is 18.5 Å². The number of nitrogens with two attached hydrogens (primary N) is 1. The molecule has 0 spiro atoms. The van der Waals surface area contributed by atoms with Crippen molar-refractivity contribution in [3.8, 4) is 5.75 Å².